The van der Waals surface area contributed by atoms with Gasteiger partial charge in [-0.05, 0) is 11.5 Å². The van der Waals surface area contributed by atoms with Crippen molar-refractivity contribution in [3.05, 3.63) is 41.8 Å². The molecule has 0 bridgehead atoms. The first kappa shape index (κ1) is 16.3. The Bertz CT molecular complexity index is 431. The van der Waals surface area contributed by atoms with Crippen molar-refractivity contribution in [1.82, 2.24) is 9.80 Å². The van der Waals surface area contributed by atoms with E-state index in [9.17, 15) is 13.2 Å². The summed E-state index contributed by atoms with van der Waals surface area (Å²) in [6.07, 6.45) is -4.13. The van der Waals surface area contributed by atoms with Gasteiger partial charge in [0.05, 0.1) is 6.54 Å². The molecule has 2 rings (SSSR count). The van der Waals surface area contributed by atoms with Gasteiger partial charge in [0.25, 0.3) is 0 Å². The third-order valence-corrected chi connectivity index (χ3v) is 3.68. The second-order valence-electron chi connectivity index (χ2n) is 5.95. The van der Waals surface area contributed by atoms with Gasteiger partial charge in [-0.3, -0.25) is 9.80 Å². The first-order valence-electron chi connectivity index (χ1n) is 7.22. The molecular formula is C16H22F3N2. The molecule has 0 aliphatic carbocycles. The zero-order chi connectivity index (χ0) is 15.5. The molecule has 5 heteroatoms. The quantitative estimate of drug-likeness (QED) is 0.839. The van der Waals surface area contributed by atoms with E-state index < -0.39 is 12.7 Å². The average Bonchev–Trinajstić information content (AvgIpc) is 2.39. The van der Waals surface area contributed by atoms with Crippen LogP contribution in [0.4, 0.5) is 13.2 Å². The van der Waals surface area contributed by atoms with Gasteiger partial charge in [0.2, 0.25) is 0 Å². The van der Waals surface area contributed by atoms with E-state index in [1.807, 2.05) is 30.3 Å². The van der Waals surface area contributed by atoms with Crippen molar-refractivity contribution in [1.29, 1.82) is 0 Å². The SMILES string of the molecule is C[C](C)CN1CCN(CC(F)(F)F)C[C@H]1c1ccccc1. The largest absolute Gasteiger partial charge is 0.401 e. The Kier molecular flexibility index (Phi) is 5.27. The molecule has 1 radical (unpaired) electrons. The highest BCUT2D eigenvalue weighted by molar-refractivity contribution is 5.20. The Labute approximate surface area is 124 Å². The van der Waals surface area contributed by atoms with Crippen LogP contribution in [0.2, 0.25) is 0 Å². The summed E-state index contributed by atoms with van der Waals surface area (Å²) in [5.41, 5.74) is 1.09. The van der Waals surface area contributed by atoms with Crippen LogP contribution in [0.3, 0.4) is 0 Å². The summed E-state index contributed by atoms with van der Waals surface area (Å²) in [5.74, 6) is 1.28. The van der Waals surface area contributed by atoms with Crippen LogP contribution in [0.1, 0.15) is 25.5 Å². The molecule has 0 saturated carbocycles. The van der Waals surface area contributed by atoms with Crippen LogP contribution in [-0.2, 0) is 0 Å². The highest BCUT2D eigenvalue weighted by atomic mass is 19.4. The molecule has 21 heavy (non-hydrogen) atoms. The lowest BCUT2D eigenvalue weighted by Crippen LogP contribution is -2.51. The summed E-state index contributed by atoms with van der Waals surface area (Å²) in [4.78, 5) is 3.79. The van der Waals surface area contributed by atoms with Gasteiger partial charge in [-0.25, -0.2) is 0 Å². The summed E-state index contributed by atoms with van der Waals surface area (Å²) in [7, 11) is 0. The molecule has 0 amide bonds. The summed E-state index contributed by atoms with van der Waals surface area (Å²) in [6.45, 7) is 5.69. The van der Waals surface area contributed by atoms with Crippen molar-refractivity contribution in [3.63, 3.8) is 0 Å². The van der Waals surface area contributed by atoms with E-state index in [2.05, 4.69) is 18.7 Å². The van der Waals surface area contributed by atoms with Crippen LogP contribution in [-0.4, -0.2) is 48.7 Å². The highest BCUT2D eigenvalue weighted by Crippen LogP contribution is 2.28. The molecule has 1 saturated heterocycles. The normalized spacial score (nSPS) is 21.9. The molecular weight excluding hydrogens is 277 g/mol. The first-order chi connectivity index (χ1) is 9.85. The fourth-order valence-electron chi connectivity index (χ4n) is 2.86. The van der Waals surface area contributed by atoms with E-state index in [0.29, 0.717) is 19.6 Å². The van der Waals surface area contributed by atoms with Gasteiger partial charge in [-0.2, -0.15) is 13.2 Å². The fraction of sp³-hybridized carbons (Fsp3) is 0.562. The fourth-order valence-corrected chi connectivity index (χ4v) is 2.86. The summed E-state index contributed by atoms with van der Waals surface area (Å²) in [5, 5.41) is 0. The Balaban J connectivity index is 2.12. The number of hydrogen-bond acceptors (Lipinski definition) is 2. The molecule has 1 aliphatic rings. The molecule has 1 aliphatic heterocycles. The van der Waals surface area contributed by atoms with Gasteiger partial charge in [0.15, 0.2) is 0 Å². The van der Waals surface area contributed by atoms with Crippen LogP contribution in [0.25, 0.3) is 0 Å². The second kappa shape index (κ2) is 6.79. The molecule has 1 heterocycles. The number of alkyl halides is 3. The maximum absolute atomic E-state index is 12.6. The van der Waals surface area contributed by atoms with Gasteiger partial charge in [-0.1, -0.05) is 44.2 Å². The molecule has 1 aromatic carbocycles. The number of benzene rings is 1. The standard InChI is InChI=1S/C16H22F3N2/c1-13(2)10-21-9-8-20(12-16(17,18)19)11-15(21)14-6-4-3-5-7-14/h3-7,15H,8-12H2,1-2H3/t15-/m0/s1. The molecule has 117 valence electrons. The Hall–Kier alpha value is -1.07. The van der Waals surface area contributed by atoms with Crippen molar-refractivity contribution in [2.75, 3.05) is 32.7 Å². The lowest BCUT2D eigenvalue weighted by atomic mass is 10.0. The van der Waals surface area contributed by atoms with E-state index in [0.717, 1.165) is 12.1 Å². The van der Waals surface area contributed by atoms with E-state index in [-0.39, 0.29) is 6.04 Å². The minimum atomic E-state index is -4.13. The van der Waals surface area contributed by atoms with Crippen LogP contribution in [0.5, 0.6) is 0 Å². The monoisotopic (exact) mass is 299 g/mol. The third-order valence-electron chi connectivity index (χ3n) is 3.68. The Morgan fingerprint density at radius 1 is 1.14 bits per heavy atom. The molecule has 0 N–H and O–H groups in total. The topological polar surface area (TPSA) is 6.48 Å². The average molecular weight is 299 g/mol. The maximum Gasteiger partial charge on any atom is 0.401 e. The zero-order valence-electron chi connectivity index (χ0n) is 12.5. The van der Waals surface area contributed by atoms with Crippen molar-refractivity contribution < 1.29 is 13.2 Å². The lowest BCUT2D eigenvalue weighted by Gasteiger charge is -2.42. The predicted octanol–water partition coefficient (Wildman–Crippen LogP) is 3.52. The molecule has 0 unspecified atom stereocenters. The minimum absolute atomic E-state index is 0.0252. The number of halogens is 3. The number of nitrogens with zero attached hydrogens (tertiary/aromatic N) is 2. The smallest absolute Gasteiger partial charge is 0.293 e. The summed E-state index contributed by atoms with van der Waals surface area (Å²) in [6, 6.07) is 9.84. The van der Waals surface area contributed by atoms with Crippen molar-refractivity contribution in [2.45, 2.75) is 26.1 Å². The number of piperazine rings is 1. The van der Waals surface area contributed by atoms with E-state index in [4.69, 9.17) is 0 Å². The Morgan fingerprint density at radius 2 is 1.81 bits per heavy atom. The summed E-state index contributed by atoms with van der Waals surface area (Å²) < 4.78 is 37.9. The predicted molar refractivity (Wildman–Crippen MR) is 77.8 cm³/mol. The Morgan fingerprint density at radius 3 is 2.38 bits per heavy atom. The van der Waals surface area contributed by atoms with Crippen molar-refractivity contribution in [2.24, 2.45) is 0 Å². The summed E-state index contributed by atoms with van der Waals surface area (Å²) >= 11 is 0. The van der Waals surface area contributed by atoms with Gasteiger partial charge in [-0.15, -0.1) is 0 Å². The van der Waals surface area contributed by atoms with Crippen LogP contribution in [0, 0.1) is 5.92 Å². The van der Waals surface area contributed by atoms with Crippen molar-refractivity contribution in [3.8, 4) is 0 Å². The molecule has 2 nitrogen and oxygen atoms in total. The van der Waals surface area contributed by atoms with Crippen LogP contribution >= 0.6 is 0 Å². The van der Waals surface area contributed by atoms with Crippen molar-refractivity contribution >= 4 is 0 Å². The molecule has 0 aromatic heterocycles. The van der Waals surface area contributed by atoms with Gasteiger partial charge in [0.1, 0.15) is 0 Å². The number of rotatable bonds is 4. The van der Waals surface area contributed by atoms with E-state index in [1.165, 1.54) is 10.8 Å². The molecule has 1 atom stereocenters. The van der Waals surface area contributed by atoms with E-state index in [1.54, 1.807) is 0 Å². The molecule has 0 spiro atoms. The maximum atomic E-state index is 12.6. The minimum Gasteiger partial charge on any atom is -0.293 e. The zero-order valence-corrected chi connectivity index (χ0v) is 12.5. The van der Waals surface area contributed by atoms with Gasteiger partial charge >= 0.3 is 6.18 Å². The lowest BCUT2D eigenvalue weighted by molar-refractivity contribution is -0.151. The third kappa shape index (κ3) is 5.00. The molecule has 1 fully saturated rings. The molecule has 1 aromatic rings. The van der Waals surface area contributed by atoms with Gasteiger partial charge < -0.3 is 0 Å². The van der Waals surface area contributed by atoms with Gasteiger partial charge in [0, 0.05) is 32.2 Å². The van der Waals surface area contributed by atoms with E-state index >= 15 is 0 Å². The van der Waals surface area contributed by atoms with Crippen LogP contribution < -0.4 is 0 Å². The number of hydrogen-bond donors (Lipinski definition) is 0. The highest BCUT2D eigenvalue weighted by Gasteiger charge is 2.35. The second-order valence-corrected chi connectivity index (χ2v) is 5.95. The van der Waals surface area contributed by atoms with Crippen LogP contribution in [0.15, 0.2) is 30.3 Å². The first-order valence-corrected chi connectivity index (χ1v) is 7.22.